The molecule has 0 spiro atoms. The number of nitro benzene ring substituents is 1. The van der Waals surface area contributed by atoms with E-state index in [0.29, 0.717) is 18.2 Å². The molecule has 1 aromatic rings. The Labute approximate surface area is 131 Å². The Morgan fingerprint density at radius 2 is 2.05 bits per heavy atom. The van der Waals surface area contributed by atoms with Gasteiger partial charge in [-0.15, -0.1) is 0 Å². The summed E-state index contributed by atoms with van der Waals surface area (Å²) < 4.78 is 0.799. The van der Waals surface area contributed by atoms with Crippen LogP contribution in [0.15, 0.2) is 22.7 Å². The molecule has 6 nitrogen and oxygen atoms in total. The standard InChI is InChI=1S/C14H18BrN3O3/c15-11-5-6-13(18(20)21)12(7-11)17-8-9-1-3-10(4-2-9)14(16)19/h5-7,9-10,17H,1-4,8H2,(H2,16,19). The number of rotatable bonds is 5. The minimum atomic E-state index is -0.390. The van der Waals surface area contributed by atoms with Crippen molar-refractivity contribution in [3.63, 3.8) is 0 Å². The molecule has 0 aliphatic heterocycles. The summed E-state index contributed by atoms with van der Waals surface area (Å²) in [6.45, 7) is 0.669. The van der Waals surface area contributed by atoms with Gasteiger partial charge in [-0.25, -0.2) is 0 Å². The van der Waals surface area contributed by atoms with Crippen LogP contribution in [-0.2, 0) is 4.79 Å². The van der Waals surface area contributed by atoms with Crippen LogP contribution in [0.3, 0.4) is 0 Å². The fourth-order valence-electron chi connectivity index (χ4n) is 2.71. The molecule has 0 atom stereocenters. The molecular formula is C14H18BrN3O3. The van der Waals surface area contributed by atoms with Gasteiger partial charge in [-0.2, -0.15) is 0 Å². The first kappa shape index (κ1) is 15.8. The largest absolute Gasteiger partial charge is 0.379 e. The molecule has 0 heterocycles. The van der Waals surface area contributed by atoms with E-state index in [1.54, 1.807) is 12.1 Å². The molecule has 3 N–H and O–H groups in total. The highest BCUT2D eigenvalue weighted by atomic mass is 79.9. The van der Waals surface area contributed by atoms with Crippen LogP contribution in [-0.4, -0.2) is 17.4 Å². The second kappa shape index (κ2) is 6.89. The molecule has 114 valence electrons. The van der Waals surface area contributed by atoms with Crippen LogP contribution in [0.4, 0.5) is 11.4 Å². The van der Waals surface area contributed by atoms with Gasteiger partial charge in [-0.3, -0.25) is 14.9 Å². The third-order valence-electron chi connectivity index (χ3n) is 3.99. The van der Waals surface area contributed by atoms with E-state index in [-0.39, 0.29) is 17.5 Å². The molecule has 2 rings (SSSR count). The van der Waals surface area contributed by atoms with Gasteiger partial charge >= 0.3 is 0 Å². The maximum atomic E-state index is 11.1. The van der Waals surface area contributed by atoms with Crippen LogP contribution in [0.25, 0.3) is 0 Å². The van der Waals surface area contributed by atoms with Crippen LogP contribution in [0, 0.1) is 22.0 Å². The number of halogens is 1. The van der Waals surface area contributed by atoms with Gasteiger partial charge in [0, 0.05) is 23.0 Å². The lowest BCUT2D eigenvalue weighted by atomic mass is 9.81. The van der Waals surface area contributed by atoms with E-state index in [9.17, 15) is 14.9 Å². The van der Waals surface area contributed by atoms with Gasteiger partial charge < -0.3 is 11.1 Å². The molecule has 0 saturated heterocycles. The molecule has 1 aromatic carbocycles. The first-order chi connectivity index (χ1) is 9.97. The number of benzene rings is 1. The summed E-state index contributed by atoms with van der Waals surface area (Å²) in [5, 5.41) is 14.2. The molecule has 7 heteroatoms. The third kappa shape index (κ3) is 4.17. The summed E-state index contributed by atoms with van der Waals surface area (Å²) >= 11 is 3.32. The molecule has 21 heavy (non-hydrogen) atoms. The van der Waals surface area contributed by atoms with Crippen LogP contribution in [0.5, 0.6) is 0 Å². The van der Waals surface area contributed by atoms with Crippen molar-refractivity contribution < 1.29 is 9.72 Å². The van der Waals surface area contributed by atoms with Gasteiger partial charge in [0.25, 0.3) is 5.69 Å². The van der Waals surface area contributed by atoms with Crippen LogP contribution in [0.2, 0.25) is 0 Å². The highest BCUT2D eigenvalue weighted by Gasteiger charge is 2.25. The van der Waals surface area contributed by atoms with Crippen LogP contribution < -0.4 is 11.1 Å². The highest BCUT2D eigenvalue weighted by molar-refractivity contribution is 9.10. The fourth-order valence-corrected chi connectivity index (χ4v) is 3.08. The number of hydrogen-bond acceptors (Lipinski definition) is 4. The number of nitro groups is 1. The Kier molecular flexibility index (Phi) is 5.17. The minimum Gasteiger partial charge on any atom is -0.379 e. The Bertz CT molecular complexity index is 542. The summed E-state index contributed by atoms with van der Waals surface area (Å²) in [7, 11) is 0. The summed E-state index contributed by atoms with van der Waals surface area (Å²) in [6.07, 6.45) is 3.45. The Morgan fingerprint density at radius 1 is 1.38 bits per heavy atom. The second-order valence-corrected chi connectivity index (χ2v) is 6.34. The number of nitrogens with zero attached hydrogens (tertiary/aromatic N) is 1. The number of nitrogens with one attached hydrogen (secondary N) is 1. The fraction of sp³-hybridized carbons (Fsp3) is 0.500. The number of hydrogen-bond donors (Lipinski definition) is 2. The van der Waals surface area contributed by atoms with E-state index in [2.05, 4.69) is 21.2 Å². The maximum Gasteiger partial charge on any atom is 0.292 e. The predicted molar refractivity (Wildman–Crippen MR) is 83.9 cm³/mol. The number of anilines is 1. The first-order valence-corrected chi connectivity index (χ1v) is 7.74. The number of nitrogens with two attached hydrogens (primary N) is 1. The molecule has 0 radical (unpaired) electrons. The van der Waals surface area contributed by atoms with Gasteiger partial charge in [0.2, 0.25) is 5.91 Å². The van der Waals surface area contributed by atoms with Crippen LogP contribution in [0.1, 0.15) is 25.7 Å². The normalized spacial score (nSPS) is 21.8. The minimum absolute atomic E-state index is 0.0125. The lowest BCUT2D eigenvalue weighted by molar-refractivity contribution is -0.384. The maximum absolute atomic E-state index is 11.1. The molecule has 1 fully saturated rings. The lowest BCUT2D eigenvalue weighted by Crippen LogP contribution is -2.29. The topological polar surface area (TPSA) is 98.3 Å². The zero-order valence-electron chi connectivity index (χ0n) is 11.5. The molecule has 1 saturated carbocycles. The number of carbonyl (C=O) groups excluding carboxylic acids is 1. The SMILES string of the molecule is NC(=O)C1CCC(CNc2cc(Br)ccc2[N+](=O)[O-])CC1. The van der Waals surface area contributed by atoms with Gasteiger partial charge in [0.15, 0.2) is 0 Å². The molecule has 1 aliphatic rings. The molecule has 0 unspecified atom stereocenters. The first-order valence-electron chi connectivity index (χ1n) is 6.94. The Balaban J connectivity index is 1.93. The van der Waals surface area contributed by atoms with Crippen molar-refractivity contribution >= 4 is 33.2 Å². The van der Waals surface area contributed by atoms with E-state index in [4.69, 9.17) is 5.73 Å². The van der Waals surface area contributed by atoms with Crippen molar-refractivity contribution in [1.82, 2.24) is 0 Å². The molecule has 1 amide bonds. The van der Waals surface area contributed by atoms with Gasteiger partial charge in [-0.1, -0.05) is 15.9 Å². The zero-order valence-corrected chi connectivity index (χ0v) is 13.1. The van der Waals surface area contributed by atoms with E-state index < -0.39 is 4.92 Å². The van der Waals surface area contributed by atoms with E-state index in [1.165, 1.54) is 6.07 Å². The quantitative estimate of drug-likeness (QED) is 0.626. The van der Waals surface area contributed by atoms with Crippen molar-refractivity contribution in [1.29, 1.82) is 0 Å². The van der Waals surface area contributed by atoms with Crippen molar-refractivity contribution in [2.75, 3.05) is 11.9 Å². The number of primary amides is 1. The van der Waals surface area contributed by atoms with Gasteiger partial charge in [0.1, 0.15) is 5.69 Å². The summed E-state index contributed by atoms with van der Waals surface area (Å²) in [4.78, 5) is 21.7. The van der Waals surface area contributed by atoms with Gasteiger partial charge in [-0.05, 0) is 43.7 Å². The summed E-state index contributed by atoms with van der Waals surface area (Å²) in [6, 6.07) is 4.85. The lowest BCUT2D eigenvalue weighted by Gasteiger charge is -2.27. The zero-order chi connectivity index (χ0) is 15.4. The van der Waals surface area contributed by atoms with Crippen molar-refractivity contribution in [2.24, 2.45) is 17.6 Å². The predicted octanol–water partition coefficient (Wildman–Crippen LogP) is 3.06. The van der Waals surface area contributed by atoms with Crippen LogP contribution >= 0.6 is 15.9 Å². The highest BCUT2D eigenvalue weighted by Crippen LogP contribution is 2.31. The second-order valence-electron chi connectivity index (χ2n) is 5.42. The summed E-state index contributed by atoms with van der Waals surface area (Å²) in [5.74, 6) is 0.185. The molecule has 0 aromatic heterocycles. The molecule has 1 aliphatic carbocycles. The Morgan fingerprint density at radius 3 is 2.62 bits per heavy atom. The average Bonchev–Trinajstić information content (AvgIpc) is 2.45. The smallest absolute Gasteiger partial charge is 0.292 e. The third-order valence-corrected chi connectivity index (χ3v) is 4.48. The van der Waals surface area contributed by atoms with E-state index in [1.807, 2.05) is 0 Å². The van der Waals surface area contributed by atoms with Crippen molar-refractivity contribution in [3.05, 3.63) is 32.8 Å². The Hall–Kier alpha value is -1.63. The van der Waals surface area contributed by atoms with Gasteiger partial charge in [0.05, 0.1) is 4.92 Å². The average molecular weight is 356 g/mol. The van der Waals surface area contributed by atoms with E-state index in [0.717, 1.165) is 30.2 Å². The van der Waals surface area contributed by atoms with Crippen molar-refractivity contribution in [3.8, 4) is 0 Å². The van der Waals surface area contributed by atoms with Crippen molar-refractivity contribution in [2.45, 2.75) is 25.7 Å². The molecular weight excluding hydrogens is 338 g/mol. The summed E-state index contributed by atoms with van der Waals surface area (Å²) in [5.41, 5.74) is 5.91. The monoisotopic (exact) mass is 355 g/mol. The number of carbonyl (C=O) groups is 1. The number of amides is 1. The molecule has 0 bridgehead atoms. The van der Waals surface area contributed by atoms with E-state index >= 15 is 0 Å².